The van der Waals surface area contributed by atoms with E-state index in [0.717, 1.165) is 67.6 Å². The molecule has 0 aliphatic carbocycles. The van der Waals surface area contributed by atoms with E-state index < -0.39 is 0 Å². The molecule has 2 aromatic rings. The highest BCUT2D eigenvalue weighted by molar-refractivity contribution is 6.06. The summed E-state index contributed by atoms with van der Waals surface area (Å²) < 4.78 is 0. The summed E-state index contributed by atoms with van der Waals surface area (Å²) in [7, 11) is 0. The number of nitrogens with one attached hydrogen (secondary N) is 2. The van der Waals surface area contributed by atoms with Crippen molar-refractivity contribution in [2.75, 3.05) is 49.5 Å². The van der Waals surface area contributed by atoms with E-state index in [4.69, 9.17) is 0 Å². The minimum atomic E-state index is -0.115. The van der Waals surface area contributed by atoms with Crippen LogP contribution >= 0.6 is 0 Å². The maximum Gasteiger partial charge on any atom is 0.271 e. The monoisotopic (exact) mass is 362 g/mol. The molecule has 3 aliphatic rings. The van der Waals surface area contributed by atoms with E-state index >= 15 is 0 Å². The Labute approximate surface area is 158 Å². The lowest BCUT2D eigenvalue weighted by atomic mass is 9.91. The van der Waals surface area contributed by atoms with E-state index in [9.17, 15) is 4.79 Å². The smallest absolute Gasteiger partial charge is 0.271 e. The number of aromatic nitrogens is 1. The minimum absolute atomic E-state index is 0.115. The van der Waals surface area contributed by atoms with Gasteiger partial charge in [0.25, 0.3) is 5.91 Å². The largest absolute Gasteiger partial charge is 0.384 e. The molecule has 7 nitrogen and oxygen atoms in total. The maximum atomic E-state index is 12.4. The summed E-state index contributed by atoms with van der Waals surface area (Å²) in [4.78, 5) is 21.6. The highest BCUT2D eigenvalue weighted by Crippen LogP contribution is 2.36. The number of anilines is 2. The molecule has 2 N–H and O–H groups in total. The average Bonchev–Trinajstić information content (AvgIpc) is 3.10. The second-order valence-electron chi connectivity index (χ2n) is 7.20. The molecule has 1 atom stereocenters. The highest BCUT2D eigenvalue weighted by atomic mass is 16.2. The van der Waals surface area contributed by atoms with Gasteiger partial charge in [0.1, 0.15) is 5.82 Å². The number of amides is 1. The molecule has 0 saturated carbocycles. The number of nitrogens with zero attached hydrogens (tertiary/aromatic N) is 4. The molecule has 3 aliphatic heterocycles. The molecular formula is C20H22N6O. The Morgan fingerprint density at radius 3 is 2.78 bits per heavy atom. The summed E-state index contributed by atoms with van der Waals surface area (Å²) in [6.45, 7) is 5.38. The zero-order valence-corrected chi connectivity index (χ0v) is 15.1. The number of carbonyl (C=O) groups excluding carboxylic acids is 1. The first-order valence-electron chi connectivity index (χ1n) is 9.41. The molecule has 1 unspecified atom stereocenters. The van der Waals surface area contributed by atoms with Crippen LogP contribution in [0.1, 0.15) is 21.8 Å². The average molecular weight is 362 g/mol. The Bertz CT molecular complexity index is 889. The minimum Gasteiger partial charge on any atom is -0.384 e. The number of rotatable bonds is 3. The van der Waals surface area contributed by atoms with Crippen molar-refractivity contribution in [1.82, 2.24) is 15.3 Å². The van der Waals surface area contributed by atoms with E-state index in [1.54, 1.807) is 0 Å². The third kappa shape index (κ3) is 2.94. The van der Waals surface area contributed by atoms with Crippen LogP contribution in [0.25, 0.3) is 0 Å². The van der Waals surface area contributed by atoms with E-state index in [0.29, 0.717) is 0 Å². The molecule has 1 aromatic heterocycles. The Morgan fingerprint density at radius 2 is 1.96 bits per heavy atom. The van der Waals surface area contributed by atoms with Crippen molar-refractivity contribution in [3.05, 3.63) is 53.7 Å². The van der Waals surface area contributed by atoms with Gasteiger partial charge >= 0.3 is 0 Å². The van der Waals surface area contributed by atoms with Gasteiger partial charge in [-0.1, -0.05) is 12.1 Å². The number of hydrogen-bond acceptors (Lipinski definition) is 6. The van der Waals surface area contributed by atoms with E-state index in [1.807, 2.05) is 36.5 Å². The summed E-state index contributed by atoms with van der Waals surface area (Å²) in [5, 5.41) is 7.92. The van der Waals surface area contributed by atoms with Crippen molar-refractivity contribution in [2.45, 2.75) is 5.92 Å². The van der Waals surface area contributed by atoms with Crippen LogP contribution in [-0.4, -0.2) is 60.8 Å². The number of pyridine rings is 1. The van der Waals surface area contributed by atoms with Crippen LogP contribution in [0.2, 0.25) is 0 Å². The van der Waals surface area contributed by atoms with Gasteiger partial charge in [0, 0.05) is 62.6 Å². The molecule has 4 heterocycles. The molecule has 7 heteroatoms. The van der Waals surface area contributed by atoms with Crippen LogP contribution in [0.3, 0.4) is 0 Å². The van der Waals surface area contributed by atoms with Gasteiger partial charge in [0.05, 0.1) is 5.71 Å². The predicted octanol–water partition coefficient (Wildman–Crippen LogP) is 1.51. The molecule has 5 rings (SSSR count). The molecule has 1 fully saturated rings. The number of carbonyl (C=O) groups is 1. The first-order chi connectivity index (χ1) is 13.3. The SMILES string of the molecule is O=C1NN=C(CN2CCN(c3ccccn3)CC2)C2CNc3cccc1c32. The molecule has 27 heavy (non-hydrogen) atoms. The second kappa shape index (κ2) is 6.66. The van der Waals surface area contributed by atoms with Crippen molar-refractivity contribution in [1.29, 1.82) is 0 Å². The van der Waals surface area contributed by atoms with Crippen molar-refractivity contribution < 1.29 is 4.79 Å². The fourth-order valence-electron chi connectivity index (χ4n) is 4.20. The Hall–Kier alpha value is -2.93. The third-order valence-electron chi connectivity index (χ3n) is 5.63. The Kier molecular flexibility index (Phi) is 4.01. The standard InChI is InChI=1S/C20H22N6O/c27-20-14-4-3-5-16-19(14)15(12-22-16)17(23-24-20)13-25-8-10-26(11-9-25)18-6-1-2-7-21-18/h1-7,15,22H,8-13H2,(H,24,27). The third-order valence-corrected chi connectivity index (χ3v) is 5.63. The normalized spacial score (nSPS) is 21.8. The van der Waals surface area contributed by atoms with Crippen LogP contribution in [-0.2, 0) is 0 Å². The fraction of sp³-hybridized carbons (Fsp3) is 0.350. The number of hydrazone groups is 1. The first kappa shape index (κ1) is 16.3. The molecule has 0 radical (unpaired) electrons. The Balaban J connectivity index is 1.30. The van der Waals surface area contributed by atoms with Crippen LogP contribution in [0.4, 0.5) is 11.5 Å². The van der Waals surface area contributed by atoms with E-state index in [2.05, 4.69) is 36.7 Å². The van der Waals surface area contributed by atoms with Crippen LogP contribution in [0.15, 0.2) is 47.7 Å². The van der Waals surface area contributed by atoms with Crippen LogP contribution in [0, 0.1) is 0 Å². The lowest BCUT2D eigenvalue weighted by Gasteiger charge is -2.35. The molecule has 0 spiro atoms. The van der Waals surface area contributed by atoms with Crippen molar-refractivity contribution in [2.24, 2.45) is 5.10 Å². The van der Waals surface area contributed by atoms with Crippen LogP contribution in [0.5, 0.6) is 0 Å². The van der Waals surface area contributed by atoms with Crippen molar-refractivity contribution in [3.63, 3.8) is 0 Å². The van der Waals surface area contributed by atoms with Gasteiger partial charge < -0.3 is 10.2 Å². The summed E-state index contributed by atoms with van der Waals surface area (Å²) in [5.74, 6) is 1.08. The zero-order chi connectivity index (χ0) is 18.2. The number of benzene rings is 1. The van der Waals surface area contributed by atoms with Crippen molar-refractivity contribution >= 4 is 23.1 Å². The van der Waals surface area contributed by atoms with Crippen LogP contribution < -0.4 is 15.6 Å². The zero-order valence-electron chi connectivity index (χ0n) is 15.1. The summed E-state index contributed by atoms with van der Waals surface area (Å²) in [6, 6.07) is 11.9. The summed E-state index contributed by atoms with van der Waals surface area (Å²) >= 11 is 0. The van der Waals surface area contributed by atoms with Gasteiger partial charge in [-0.2, -0.15) is 5.10 Å². The van der Waals surface area contributed by atoms with Gasteiger partial charge in [0.15, 0.2) is 0 Å². The van der Waals surface area contributed by atoms with Gasteiger partial charge in [-0.25, -0.2) is 10.4 Å². The molecule has 1 amide bonds. The quantitative estimate of drug-likeness (QED) is 0.866. The topological polar surface area (TPSA) is 72.9 Å². The predicted molar refractivity (Wildman–Crippen MR) is 105 cm³/mol. The summed E-state index contributed by atoms with van der Waals surface area (Å²) in [6.07, 6.45) is 1.84. The molecule has 138 valence electrons. The summed E-state index contributed by atoms with van der Waals surface area (Å²) in [5.41, 5.74) is 6.66. The van der Waals surface area contributed by atoms with Gasteiger partial charge in [0.2, 0.25) is 0 Å². The second-order valence-corrected chi connectivity index (χ2v) is 7.20. The van der Waals surface area contributed by atoms with E-state index in [-0.39, 0.29) is 11.8 Å². The van der Waals surface area contributed by atoms with Gasteiger partial charge in [-0.05, 0) is 29.8 Å². The lowest BCUT2D eigenvalue weighted by molar-refractivity contribution is 0.0955. The maximum absolute atomic E-state index is 12.4. The number of piperazine rings is 1. The number of hydrogen-bond donors (Lipinski definition) is 2. The van der Waals surface area contributed by atoms with Gasteiger partial charge in [-0.15, -0.1) is 0 Å². The van der Waals surface area contributed by atoms with Gasteiger partial charge in [-0.3, -0.25) is 9.69 Å². The first-order valence-corrected chi connectivity index (χ1v) is 9.41. The lowest BCUT2D eigenvalue weighted by Crippen LogP contribution is -2.48. The fourth-order valence-corrected chi connectivity index (χ4v) is 4.20. The molecule has 1 saturated heterocycles. The molecular weight excluding hydrogens is 340 g/mol. The Morgan fingerprint density at radius 1 is 1.07 bits per heavy atom. The molecule has 0 bridgehead atoms. The van der Waals surface area contributed by atoms with E-state index in [1.165, 1.54) is 0 Å². The molecule has 1 aromatic carbocycles. The highest BCUT2D eigenvalue weighted by Gasteiger charge is 2.34. The van der Waals surface area contributed by atoms with Crippen molar-refractivity contribution in [3.8, 4) is 0 Å².